The van der Waals surface area contributed by atoms with Crippen molar-refractivity contribution in [3.63, 3.8) is 0 Å². The van der Waals surface area contributed by atoms with Gasteiger partial charge in [-0.2, -0.15) is 10.6 Å². The van der Waals surface area contributed by atoms with E-state index in [0.717, 1.165) is 18.4 Å². The first-order valence-corrected chi connectivity index (χ1v) is 8.00. The van der Waals surface area contributed by atoms with Gasteiger partial charge in [-0.15, -0.1) is 0 Å². The summed E-state index contributed by atoms with van der Waals surface area (Å²) in [4.78, 5) is 15.3. The predicted molar refractivity (Wildman–Crippen MR) is 76.5 cm³/mol. The van der Waals surface area contributed by atoms with E-state index in [-0.39, 0.29) is 4.90 Å². The predicted octanol–water partition coefficient (Wildman–Crippen LogP) is 0.0837. The van der Waals surface area contributed by atoms with Crippen LogP contribution in [0.3, 0.4) is 0 Å². The van der Waals surface area contributed by atoms with Crippen molar-refractivity contribution in [2.45, 2.75) is 43.7 Å². The van der Waals surface area contributed by atoms with Crippen LogP contribution in [-0.2, 0) is 26.1 Å². The summed E-state index contributed by atoms with van der Waals surface area (Å²) in [7, 11) is -3.96. The highest BCUT2D eigenvalue weighted by Gasteiger charge is 2.30. The standard InChI is InChI=1S/C13H20N2O5S/c1-3-4-10-5-7-11(8-6-10)21(18,19)15-12(9(2)16)13(17)20-14/h5-9,12,15-16H,3-4,14H2,1-2H3. The molecule has 0 aliphatic rings. The van der Waals surface area contributed by atoms with E-state index in [1.54, 1.807) is 12.1 Å². The monoisotopic (exact) mass is 316 g/mol. The van der Waals surface area contributed by atoms with E-state index in [9.17, 15) is 18.3 Å². The van der Waals surface area contributed by atoms with Gasteiger partial charge < -0.3 is 9.94 Å². The smallest absolute Gasteiger partial charge is 0.345 e. The molecular formula is C13H20N2O5S. The molecule has 0 amide bonds. The van der Waals surface area contributed by atoms with Crippen LogP contribution in [0, 0.1) is 0 Å². The molecular weight excluding hydrogens is 296 g/mol. The maximum absolute atomic E-state index is 12.2. The largest absolute Gasteiger partial charge is 0.391 e. The van der Waals surface area contributed by atoms with Crippen molar-refractivity contribution in [1.82, 2.24) is 4.72 Å². The molecule has 2 unspecified atom stereocenters. The summed E-state index contributed by atoms with van der Waals surface area (Å²) in [5.74, 6) is 3.67. The Morgan fingerprint density at radius 2 is 1.95 bits per heavy atom. The third-order valence-electron chi connectivity index (χ3n) is 2.91. The Labute approximate surface area is 124 Å². The second-order valence-electron chi connectivity index (χ2n) is 4.67. The lowest BCUT2D eigenvalue weighted by Gasteiger charge is -2.18. The molecule has 1 rings (SSSR count). The Morgan fingerprint density at radius 1 is 1.38 bits per heavy atom. The molecule has 4 N–H and O–H groups in total. The molecule has 0 saturated heterocycles. The van der Waals surface area contributed by atoms with Crippen LogP contribution in [0.2, 0.25) is 0 Å². The fourth-order valence-electron chi connectivity index (χ4n) is 1.78. The Hall–Kier alpha value is -1.48. The molecule has 0 spiro atoms. The molecule has 0 heterocycles. The van der Waals surface area contributed by atoms with E-state index in [4.69, 9.17) is 5.90 Å². The van der Waals surface area contributed by atoms with Crippen molar-refractivity contribution in [2.75, 3.05) is 0 Å². The van der Waals surface area contributed by atoms with Crippen LogP contribution in [-0.4, -0.2) is 31.6 Å². The lowest BCUT2D eigenvalue weighted by Crippen LogP contribution is -2.49. The highest BCUT2D eigenvalue weighted by Crippen LogP contribution is 2.13. The quantitative estimate of drug-likeness (QED) is 0.613. The summed E-state index contributed by atoms with van der Waals surface area (Å²) in [6, 6.07) is 4.84. The lowest BCUT2D eigenvalue weighted by atomic mass is 10.1. The Kier molecular flexibility index (Phi) is 6.28. The number of sulfonamides is 1. The van der Waals surface area contributed by atoms with E-state index in [2.05, 4.69) is 9.56 Å². The molecule has 0 radical (unpaired) electrons. The van der Waals surface area contributed by atoms with E-state index in [1.165, 1.54) is 19.1 Å². The normalized spacial score (nSPS) is 14.5. The van der Waals surface area contributed by atoms with Crippen molar-refractivity contribution in [3.05, 3.63) is 29.8 Å². The average molecular weight is 316 g/mol. The van der Waals surface area contributed by atoms with Crippen LogP contribution in [0.4, 0.5) is 0 Å². The van der Waals surface area contributed by atoms with Crippen LogP contribution in [0.5, 0.6) is 0 Å². The molecule has 0 bridgehead atoms. The van der Waals surface area contributed by atoms with E-state index in [0.29, 0.717) is 0 Å². The zero-order valence-corrected chi connectivity index (χ0v) is 12.8. The van der Waals surface area contributed by atoms with Gasteiger partial charge in [-0.1, -0.05) is 25.5 Å². The number of benzene rings is 1. The average Bonchev–Trinajstić information content (AvgIpc) is 2.44. The van der Waals surface area contributed by atoms with Gasteiger partial charge in [0.05, 0.1) is 11.0 Å². The number of aliphatic hydroxyl groups excluding tert-OH is 1. The molecule has 0 aliphatic carbocycles. The maximum Gasteiger partial charge on any atom is 0.345 e. The minimum atomic E-state index is -3.96. The minimum absolute atomic E-state index is 0.00201. The summed E-state index contributed by atoms with van der Waals surface area (Å²) >= 11 is 0. The maximum atomic E-state index is 12.2. The number of aliphatic hydroxyl groups is 1. The molecule has 1 aromatic rings. The number of nitrogens with two attached hydrogens (primary N) is 1. The van der Waals surface area contributed by atoms with Gasteiger partial charge in [-0.25, -0.2) is 13.2 Å². The molecule has 2 atom stereocenters. The summed E-state index contributed by atoms with van der Waals surface area (Å²) in [5, 5.41) is 9.45. The number of carbonyl (C=O) groups is 1. The Balaban J connectivity index is 2.96. The second kappa shape index (κ2) is 7.51. The topological polar surface area (TPSA) is 119 Å². The molecule has 0 saturated carbocycles. The van der Waals surface area contributed by atoms with Gasteiger partial charge in [0, 0.05) is 0 Å². The first-order chi connectivity index (χ1) is 9.81. The summed E-state index contributed by atoms with van der Waals surface area (Å²) in [6.45, 7) is 3.28. The molecule has 0 fully saturated rings. The molecule has 1 aromatic carbocycles. The Morgan fingerprint density at radius 3 is 2.38 bits per heavy atom. The van der Waals surface area contributed by atoms with E-state index < -0.39 is 28.1 Å². The van der Waals surface area contributed by atoms with Gasteiger partial charge in [-0.3, -0.25) is 0 Å². The minimum Gasteiger partial charge on any atom is -0.391 e. The van der Waals surface area contributed by atoms with Crippen LogP contribution in [0.1, 0.15) is 25.8 Å². The fourth-order valence-corrected chi connectivity index (χ4v) is 3.03. The van der Waals surface area contributed by atoms with Crippen LogP contribution in [0.25, 0.3) is 0 Å². The SMILES string of the molecule is CCCc1ccc(S(=O)(=O)NC(C(=O)ON)C(C)O)cc1. The highest BCUT2D eigenvalue weighted by atomic mass is 32.2. The van der Waals surface area contributed by atoms with E-state index >= 15 is 0 Å². The van der Waals surface area contributed by atoms with Crippen molar-refractivity contribution in [3.8, 4) is 0 Å². The summed E-state index contributed by atoms with van der Waals surface area (Å²) in [5.41, 5.74) is 1.02. The Bertz CT molecular complexity index is 569. The summed E-state index contributed by atoms with van der Waals surface area (Å²) < 4.78 is 26.4. The zero-order chi connectivity index (χ0) is 16.0. The van der Waals surface area contributed by atoms with Gasteiger partial charge >= 0.3 is 5.97 Å². The van der Waals surface area contributed by atoms with Gasteiger partial charge in [0.1, 0.15) is 6.04 Å². The molecule has 7 nitrogen and oxygen atoms in total. The van der Waals surface area contributed by atoms with Crippen LogP contribution >= 0.6 is 0 Å². The van der Waals surface area contributed by atoms with Crippen molar-refractivity contribution in [2.24, 2.45) is 5.90 Å². The van der Waals surface area contributed by atoms with Crippen molar-refractivity contribution in [1.29, 1.82) is 0 Å². The molecule has 118 valence electrons. The second-order valence-corrected chi connectivity index (χ2v) is 6.38. The number of nitrogens with one attached hydrogen (secondary N) is 1. The van der Waals surface area contributed by atoms with E-state index in [1.807, 2.05) is 6.92 Å². The summed E-state index contributed by atoms with van der Waals surface area (Å²) in [6.07, 6.45) is 0.524. The third kappa shape index (κ3) is 4.78. The first kappa shape index (κ1) is 17.6. The lowest BCUT2D eigenvalue weighted by molar-refractivity contribution is -0.148. The van der Waals surface area contributed by atoms with Crippen LogP contribution < -0.4 is 10.6 Å². The van der Waals surface area contributed by atoms with Gasteiger partial charge in [0.25, 0.3) is 0 Å². The molecule has 0 aromatic heterocycles. The fraction of sp³-hybridized carbons (Fsp3) is 0.462. The van der Waals surface area contributed by atoms with Gasteiger partial charge in [-0.05, 0) is 31.0 Å². The van der Waals surface area contributed by atoms with Gasteiger partial charge in [0.2, 0.25) is 10.0 Å². The number of hydrogen-bond donors (Lipinski definition) is 3. The first-order valence-electron chi connectivity index (χ1n) is 6.51. The zero-order valence-electron chi connectivity index (χ0n) is 11.9. The molecule has 8 heteroatoms. The van der Waals surface area contributed by atoms with Crippen molar-refractivity contribution < 1.29 is 23.2 Å². The molecule has 0 aliphatic heterocycles. The molecule has 21 heavy (non-hydrogen) atoms. The van der Waals surface area contributed by atoms with Gasteiger partial charge in [0.15, 0.2) is 0 Å². The number of aryl methyl sites for hydroxylation is 1. The van der Waals surface area contributed by atoms with Crippen molar-refractivity contribution >= 4 is 16.0 Å². The number of rotatable bonds is 7. The highest BCUT2D eigenvalue weighted by molar-refractivity contribution is 7.89. The number of hydrogen-bond acceptors (Lipinski definition) is 6. The van der Waals surface area contributed by atoms with Crippen LogP contribution in [0.15, 0.2) is 29.2 Å². The third-order valence-corrected chi connectivity index (χ3v) is 4.36. The number of carbonyl (C=O) groups excluding carboxylic acids is 1.